The van der Waals surface area contributed by atoms with Gasteiger partial charge in [0.2, 0.25) is 0 Å². The van der Waals surface area contributed by atoms with Crippen molar-refractivity contribution in [2.45, 2.75) is 6.92 Å². The number of esters is 1. The Balaban J connectivity index is 1.63. The molecule has 0 aliphatic heterocycles. The van der Waals surface area contributed by atoms with Crippen molar-refractivity contribution in [2.24, 2.45) is 0 Å². The van der Waals surface area contributed by atoms with Crippen LogP contribution in [0, 0.1) is 6.92 Å². The topological polar surface area (TPSA) is 68.3 Å². The Morgan fingerprint density at radius 1 is 1.08 bits per heavy atom. The lowest BCUT2D eigenvalue weighted by atomic mass is 10.1. The van der Waals surface area contributed by atoms with E-state index < -0.39 is 18.5 Å². The van der Waals surface area contributed by atoms with E-state index in [0.29, 0.717) is 26.9 Å². The molecule has 0 spiro atoms. The monoisotopic (exact) mass is 388 g/mol. The summed E-state index contributed by atoms with van der Waals surface area (Å²) >= 11 is 11.9. The molecule has 0 aliphatic carbocycles. The average Bonchev–Trinajstić information content (AvgIpc) is 2.61. The summed E-state index contributed by atoms with van der Waals surface area (Å²) in [6.45, 7) is 1.48. The Morgan fingerprint density at radius 2 is 1.88 bits per heavy atom. The van der Waals surface area contributed by atoms with Gasteiger partial charge in [-0.1, -0.05) is 29.3 Å². The number of rotatable bonds is 4. The molecule has 26 heavy (non-hydrogen) atoms. The molecule has 0 fully saturated rings. The number of aromatic nitrogens is 1. The third kappa shape index (κ3) is 4.31. The van der Waals surface area contributed by atoms with E-state index in [4.69, 9.17) is 27.9 Å². The van der Waals surface area contributed by atoms with Gasteiger partial charge in [0, 0.05) is 5.39 Å². The zero-order valence-electron chi connectivity index (χ0n) is 13.8. The summed E-state index contributed by atoms with van der Waals surface area (Å²) in [7, 11) is 0. The van der Waals surface area contributed by atoms with Gasteiger partial charge in [0.1, 0.15) is 5.15 Å². The van der Waals surface area contributed by atoms with Crippen LogP contribution in [-0.2, 0) is 9.53 Å². The Labute approximate surface area is 159 Å². The Hall–Kier alpha value is -2.63. The lowest BCUT2D eigenvalue weighted by molar-refractivity contribution is -0.119. The molecular weight excluding hydrogens is 375 g/mol. The molecular formula is C19H14Cl2N2O3. The highest BCUT2D eigenvalue weighted by Crippen LogP contribution is 2.22. The quantitative estimate of drug-likeness (QED) is 0.521. The van der Waals surface area contributed by atoms with Crippen LogP contribution in [0.25, 0.3) is 10.9 Å². The van der Waals surface area contributed by atoms with E-state index in [1.54, 1.807) is 42.5 Å². The first kappa shape index (κ1) is 18.2. The summed E-state index contributed by atoms with van der Waals surface area (Å²) in [6, 6.07) is 13.5. The minimum Gasteiger partial charge on any atom is -0.452 e. The molecule has 0 radical (unpaired) electrons. The van der Waals surface area contributed by atoms with Gasteiger partial charge >= 0.3 is 5.97 Å². The second-order valence-corrected chi connectivity index (χ2v) is 6.44. The number of anilines is 1. The molecule has 2 aromatic carbocycles. The first-order valence-electron chi connectivity index (χ1n) is 7.72. The SMILES string of the molecule is Cc1ccc(NC(=O)COC(=O)c2ccc3nc(Cl)ccc3c2)c(Cl)c1. The van der Waals surface area contributed by atoms with E-state index >= 15 is 0 Å². The maximum Gasteiger partial charge on any atom is 0.338 e. The van der Waals surface area contributed by atoms with Crippen molar-refractivity contribution in [1.29, 1.82) is 0 Å². The number of ether oxygens (including phenoxy) is 1. The standard InChI is InChI=1S/C19H14Cl2N2O3/c1-11-2-5-16(14(20)8-11)23-18(24)10-26-19(25)13-3-6-15-12(9-13)4-7-17(21)22-15/h2-9H,10H2,1H3,(H,23,24). The van der Waals surface area contributed by atoms with Crippen molar-refractivity contribution >= 4 is 51.7 Å². The van der Waals surface area contributed by atoms with Crippen LogP contribution in [0.1, 0.15) is 15.9 Å². The van der Waals surface area contributed by atoms with Crippen LogP contribution in [0.3, 0.4) is 0 Å². The number of hydrogen-bond acceptors (Lipinski definition) is 4. The number of fused-ring (bicyclic) bond motifs is 1. The molecule has 0 saturated heterocycles. The highest BCUT2D eigenvalue weighted by molar-refractivity contribution is 6.33. The van der Waals surface area contributed by atoms with Crippen LogP contribution in [-0.4, -0.2) is 23.5 Å². The average molecular weight is 389 g/mol. The summed E-state index contributed by atoms with van der Waals surface area (Å²) in [5.74, 6) is -1.08. The van der Waals surface area contributed by atoms with E-state index in [0.717, 1.165) is 10.9 Å². The summed E-state index contributed by atoms with van der Waals surface area (Å²) in [5.41, 5.74) is 2.43. The zero-order chi connectivity index (χ0) is 18.7. The molecule has 0 saturated carbocycles. The molecule has 0 atom stereocenters. The highest BCUT2D eigenvalue weighted by atomic mass is 35.5. The van der Waals surface area contributed by atoms with Crippen LogP contribution >= 0.6 is 23.2 Å². The fraction of sp³-hybridized carbons (Fsp3) is 0.105. The van der Waals surface area contributed by atoms with Crippen molar-refractivity contribution in [1.82, 2.24) is 4.98 Å². The van der Waals surface area contributed by atoms with E-state index in [2.05, 4.69) is 10.3 Å². The van der Waals surface area contributed by atoms with Crippen LogP contribution in [0.5, 0.6) is 0 Å². The fourth-order valence-corrected chi connectivity index (χ4v) is 2.79. The Kier molecular flexibility index (Phi) is 5.40. The smallest absolute Gasteiger partial charge is 0.338 e. The van der Waals surface area contributed by atoms with Crippen molar-refractivity contribution in [2.75, 3.05) is 11.9 Å². The van der Waals surface area contributed by atoms with Crippen molar-refractivity contribution in [3.05, 3.63) is 69.8 Å². The van der Waals surface area contributed by atoms with E-state index in [9.17, 15) is 9.59 Å². The molecule has 1 amide bonds. The van der Waals surface area contributed by atoms with Gasteiger partial charge in [-0.05, 0) is 55.0 Å². The molecule has 0 unspecified atom stereocenters. The number of hydrogen-bond donors (Lipinski definition) is 1. The van der Waals surface area contributed by atoms with E-state index in [1.807, 2.05) is 13.0 Å². The fourth-order valence-electron chi connectivity index (χ4n) is 2.35. The summed E-state index contributed by atoms with van der Waals surface area (Å²) in [5, 5.41) is 4.15. The molecule has 1 aromatic heterocycles. The van der Waals surface area contributed by atoms with Crippen LogP contribution < -0.4 is 5.32 Å². The molecule has 5 nitrogen and oxygen atoms in total. The van der Waals surface area contributed by atoms with Gasteiger partial charge in [-0.3, -0.25) is 4.79 Å². The van der Waals surface area contributed by atoms with Crippen molar-refractivity contribution in [3.63, 3.8) is 0 Å². The largest absolute Gasteiger partial charge is 0.452 e. The maximum absolute atomic E-state index is 12.1. The molecule has 132 valence electrons. The normalized spacial score (nSPS) is 10.6. The maximum atomic E-state index is 12.1. The minimum absolute atomic E-state index is 0.322. The molecule has 0 bridgehead atoms. The van der Waals surface area contributed by atoms with Crippen molar-refractivity contribution in [3.8, 4) is 0 Å². The van der Waals surface area contributed by atoms with Crippen LogP contribution in [0.15, 0.2) is 48.5 Å². The third-order valence-corrected chi connectivity index (χ3v) is 4.15. The minimum atomic E-state index is -0.605. The number of carbonyl (C=O) groups excluding carboxylic acids is 2. The predicted octanol–water partition coefficient (Wildman–Crippen LogP) is 4.65. The zero-order valence-corrected chi connectivity index (χ0v) is 15.3. The van der Waals surface area contributed by atoms with Gasteiger partial charge in [0.25, 0.3) is 5.91 Å². The Morgan fingerprint density at radius 3 is 2.65 bits per heavy atom. The lowest BCUT2D eigenvalue weighted by Crippen LogP contribution is -2.21. The predicted molar refractivity (Wildman–Crippen MR) is 102 cm³/mol. The van der Waals surface area contributed by atoms with E-state index in [-0.39, 0.29) is 0 Å². The summed E-state index contributed by atoms with van der Waals surface area (Å²) in [6.07, 6.45) is 0. The number of aryl methyl sites for hydroxylation is 1. The van der Waals surface area contributed by atoms with Gasteiger partial charge < -0.3 is 10.1 Å². The molecule has 0 aliphatic rings. The van der Waals surface area contributed by atoms with Crippen LogP contribution in [0.4, 0.5) is 5.69 Å². The second-order valence-electron chi connectivity index (χ2n) is 5.65. The lowest BCUT2D eigenvalue weighted by Gasteiger charge is -2.09. The molecule has 1 N–H and O–H groups in total. The van der Waals surface area contributed by atoms with Crippen molar-refractivity contribution < 1.29 is 14.3 Å². The van der Waals surface area contributed by atoms with Crippen LogP contribution in [0.2, 0.25) is 10.2 Å². The number of nitrogens with one attached hydrogen (secondary N) is 1. The Bertz CT molecular complexity index is 1010. The number of nitrogens with zero attached hydrogens (tertiary/aromatic N) is 1. The summed E-state index contributed by atoms with van der Waals surface area (Å²) < 4.78 is 5.06. The molecule has 3 aromatic rings. The second kappa shape index (κ2) is 7.72. The van der Waals surface area contributed by atoms with Gasteiger partial charge in [0.05, 0.1) is 21.8 Å². The van der Waals surface area contributed by atoms with Gasteiger partial charge in [-0.15, -0.1) is 0 Å². The highest BCUT2D eigenvalue weighted by Gasteiger charge is 2.12. The van der Waals surface area contributed by atoms with Gasteiger partial charge in [-0.2, -0.15) is 0 Å². The first-order valence-corrected chi connectivity index (χ1v) is 8.47. The number of amides is 1. The first-order chi connectivity index (χ1) is 12.4. The van der Waals surface area contributed by atoms with Gasteiger partial charge in [0.15, 0.2) is 6.61 Å². The molecule has 3 rings (SSSR count). The third-order valence-electron chi connectivity index (χ3n) is 3.62. The van der Waals surface area contributed by atoms with E-state index in [1.165, 1.54) is 0 Å². The summed E-state index contributed by atoms with van der Waals surface area (Å²) in [4.78, 5) is 28.3. The molecule has 7 heteroatoms. The molecule has 1 heterocycles. The van der Waals surface area contributed by atoms with Gasteiger partial charge in [-0.25, -0.2) is 9.78 Å². The number of halogens is 2. The number of pyridine rings is 1. The number of benzene rings is 2. The number of carbonyl (C=O) groups is 2.